The summed E-state index contributed by atoms with van der Waals surface area (Å²) in [6.45, 7) is 0. The number of carbonyl (C=O) groups is 2. The molecule has 0 radical (unpaired) electrons. The molecule has 3 rings (SSSR count). The fourth-order valence-electron chi connectivity index (χ4n) is 2.12. The number of hydrazone groups is 1. The summed E-state index contributed by atoms with van der Waals surface area (Å²) in [5.74, 6) is -0.429. The summed E-state index contributed by atoms with van der Waals surface area (Å²) < 4.78 is 6.13. The first kappa shape index (κ1) is 18.5. The van der Waals surface area contributed by atoms with E-state index in [1.54, 1.807) is 60.7 Å². The second-order valence-corrected chi connectivity index (χ2v) is 6.30. The van der Waals surface area contributed by atoms with E-state index in [1.165, 1.54) is 12.4 Å². The minimum absolute atomic E-state index is 0.282. The van der Waals surface area contributed by atoms with E-state index < -0.39 is 11.9 Å². The Morgan fingerprint density at radius 1 is 1.04 bits per heavy atom. The molecule has 1 N–H and O–H groups in total. The highest BCUT2D eigenvalue weighted by molar-refractivity contribution is 9.10. The number of amides is 1. The van der Waals surface area contributed by atoms with E-state index in [1.807, 2.05) is 6.07 Å². The molecule has 6 nitrogen and oxygen atoms in total. The van der Waals surface area contributed by atoms with Crippen LogP contribution in [0.4, 0.5) is 0 Å². The van der Waals surface area contributed by atoms with Gasteiger partial charge in [0.1, 0.15) is 11.4 Å². The number of hydrogen-bond acceptors (Lipinski definition) is 5. The van der Waals surface area contributed by atoms with Crippen molar-refractivity contribution in [3.63, 3.8) is 0 Å². The number of carbonyl (C=O) groups excluding carboxylic acids is 2. The molecule has 2 aromatic carbocycles. The zero-order chi connectivity index (χ0) is 19.1. The van der Waals surface area contributed by atoms with Gasteiger partial charge >= 0.3 is 5.97 Å². The molecular weight excluding hydrogens is 410 g/mol. The van der Waals surface area contributed by atoms with Crippen molar-refractivity contribution in [2.24, 2.45) is 5.10 Å². The quantitative estimate of drug-likeness (QED) is 0.292. The summed E-state index contributed by atoms with van der Waals surface area (Å²) in [4.78, 5) is 27.9. The van der Waals surface area contributed by atoms with Crippen LogP contribution in [-0.4, -0.2) is 23.1 Å². The zero-order valence-corrected chi connectivity index (χ0v) is 15.6. The fourth-order valence-corrected chi connectivity index (χ4v) is 2.52. The number of nitrogens with zero attached hydrogens (tertiary/aromatic N) is 2. The Morgan fingerprint density at radius 3 is 2.56 bits per heavy atom. The lowest BCUT2D eigenvalue weighted by atomic mass is 10.2. The molecule has 1 heterocycles. The van der Waals surface area contributed by atoms with Crippen LogP contribution in [0, 0.1) is 0 Å². The number of ether oxygens (including phenoxy) is 1. The normalized spacial score (nSPS) is 10.6. The van der Waals surface area contributed by atoms with Crippen LogP contribution in [0.15, 0.2) is 82.5 Å². The minimum Gasteiger partial charge on any atom is -0.423 e. The lowest BCUT2D eigenvalue weighted by molar-refractivity contribution is 0.0734. The molecule has 134 valence electrons. The lowest BCUT2D eigenvalue weighted by Gasteiger charge is -2.05. The summed E-state index contributed by atoms with van der Waals surface area (Å²) in [5, 5.41) is 3.89. The fraction of sp³-hybridized carbons (Fsp3) is 0. The van der Waals surface area contributed by atoms with Gasteiger partial charge in [-0.1, -0.05) is 28.1 Å². The molecule has 0 aliphatic carbocycles. The van der Waals surface area contributed by atoms with E-state index in [2.05, 4.69) is 31.4 Å². The molecule has 1 aromatic heterocycles. The van der Waals surface area contributed by atoms with Crippen LogP contribution in [0.25, 0.3) is 0 Å². The minimum atomic E-state index is -0.444. The van der Waals surface area contributed by atoms with Crippen LogP contribution < -0.4 is 10.2 Å². The molecule has 0 unspecified atom stereocenters. The molecule has 1 amide bonds. The molecule has 7 heteroatoms. The van der Waals surface area contributed by atoms with E-state index in [9.17, 15) is 9.59 Å². The van der Waals surface area contributed by atoms with Crippen LogP contribution in [0.1, 0.15) is 26.4 Å². The van der Waals surface area contributed by atoms with E-state index in [0.29, 0.717) is 11.3 Å². The Hall–Kier alpha value is -3.32. The number of halogens is 1. The van der Waals surface area contributed by atoms with Crippen LogP contribution in [0.5, 0.6) is 5.75 Å². The molecule has 0 spiro atoms. The topological polar surface area (TPSA) is 80.6 Å². The summed E-state index contributed by atoms with van der Waals surface area (Å²) >= 11 is 3.32. The maximum atomic E-state index is 12.1. The van der Waals surface area contributed by atoms with Gasteiger partial charge in [-0.25, -0.2) is 10.2 Å². The molecule has 3 aromatic rings. The van der Waals surface area contributed by atoms with Crippen molar-refractivity contribution >= 4 is 34.0 Å². The molecule has 0 saturated heterocycles. The van der Waals surface area contributed by atoms with Crippen LogP contribution in [0.2, 0.25) is 0 Å². The SMILES string of the molecule is O=C(Oc1ccc(/C=N/NC(=O)c2ccccn2)cc1)c1cccc(Br)c1. The number of benzene rings is 2. The van der Waals surface area contributed by atoms with Gasteiger partial charge in [0.15, 0.2) is 0 Å². The van der Waals surface area contributed by atoms with E-state index >= 15 is 0 Å². The highest BCUT2D eigenvalue weighted by Gasteiger charge is 2.08. The molecular formula is C20H14BrN3O3. The maximum absolute atomic E-state index is 12.1. The summed E-state index contributed by atoms with van der Waals surface area (Å²) in [6.07, 6.45) is 3.02. The number of hydrogen-bond donors (Lipinski definition) is 1. The number of aromatic nitrogens is 1. The van der Waals surface area contributed by atoms with Gasteiger partial charge in [0.05, 0.1) is 11.8 Å². The molecule has 0 fully saturated rings. The van der Waals surface area contributed by atoms with E-state index in [4.69, 9.17) is 4.74 Å². The van der Waals surface area contributed by atoms with Crippen molar-refractivity contribution < 1.29 is 14.3 Å². The molecule has 27 heavy (non-hydrogen) atoms. The van der Waals surface area contributed by atoms with Crippen molar-refractivity contribution in [1.82, 2.24) is 10.4 Å². The van der Waals surface area contributed by atoms with Gasteiger partial charge in [0, 0.05) is 10.7 Å². The lowest BCUT2D eigenvalue weighted by Crippen LogP contribution is -2.18. The first-order valence-corrected chi connectivity index (χ1v) is 8.73. The Morgan fingerprint density at radius 2 is 1.85 bits per heavy atom. The average Bonchev–Trinajstić information content (AvgIpc) is 2.70. The predicted molar refractivity (Wildman–Crippen MR) is 105 cm³/mol. The Balaban J connectivity index is 1.57. The second-order valence-electron chi connectivity index (χ2n) is 5.38. The third-order valence-corrected chi connectivity index (χ3v) is 3.92. The molecule has 0 aliphatic heterocycles. The Bertz CT molecular complexity index is 973. The van der Waals surface area contributed by atoms with Gasteiger partial charge in [-0.15, -0.1) is 0 Å². The van der Waals surface area contributed by atoms with Crippen molar-refractivity contribution in [3.8, 4) is 5.75 Å². The highest BCUT2D eigenvalue weighted by atomic mass is 79.9. The number of nitrogens with one attached hydrogen (secondary N) is 1. The smallest absolute Gasteiger partial charge is 0.343 e. The summed E-state index contributed by atoms with van der Waals surface area (Å²) in [6, 6.07) is 18.8. The monoisotopic (exact) mass is 423 g/mol. The largest absolute Gasteiger partial charge is 0.423 e. The van der Waals surface area contributed by atoms with Crippen molar-refractivity contribution in [3.05, 3.63) is 94.2 Å². The van der Waals surface area contributed by atoms with Crippen LogP contribution in [-0.2, 0) is 0 Å². The van der Waals surface area contributed by atoms with E-state index in [-0.39, 0.29) is 5.69 Å². The first-order valence-electron chi connectivity index (χ1n) is 7.94. The number of esters is 1. The Kier molecular flexibility index (Phi) is 6.06. The zero-order valence-electron chi connectivity index (χ0n) is 14.0. The average molecular weight is 424 g/mol. The predicted octanol–water partition coefficient (Wildman–Crippen LogP) is 3.83. The number of pyridine rings is 1. The van der Waals surface area contributed by atoms with Crippen LogP contribution >= 0.6 is 15.9 Å². The first-order chi connectivity index (χ1) is 13.1. The molecule has 0 aliphatic rings. The highest BCUT2D eigenvalue weighted by Crippen LogP contribution is 2.16. The van der Waals surface area contributed by atoms with Gasteiger partial charge < -0.3 is 4.74 Å². The van der Waals surface area contributed by atoms with Gasteiger partial charge in [0.2, 0.25) is 0 Å². The van der Waals surface area contributed by atoms with Crippen molar-refractivity contribution in [2.45, 2.75) is 0 Å². The maximum Gasteiger partial charge on any atom is 0.343 e. The van der Waals surface area contributed by atoms with Gasteiger partial charge in [-0.05, 0) is 60.2 Å². The van der Waals surface area contributed by atoms with Crippen LogP contribution in [0.3, 0.4) is 0 Å². The molecule has 0 atom stereocenters. The third-order valence-electron chi connectivity index (χ3n) is 3.43. The third kappa shape index (κ3) is 5.32. The van der Waals surface area contributed by atoms with Gasteiger partial charge in [0.25, 0.3) is 5.91 Å². The molecule has 0 saturated carbocycles. The standard InChI is InChI=1S/C20H14BrN3O3/c21-16-5-3-4-15(12-16)20(26)27-17-9-7-14(8-10-17)13-23-24-19(25)18-6-1-2-11-22-18/h1-13H,(H,24,25)/b23-13+. The Labute approximate surface area is 164 Å². The van der Waals surface area contributed by atoms with E-state index in [0.717, 1.165) is 10.0 Å². The summed E-state index contributed by atoms with van der Waals surface area (Å²) in [7, 11) is 0. The van der Waals surface area contributed by atoms with Gasteiger partial charge in [-0.2, -0.15) is 5.10 Å². The number of rotatable bonds is 5. The molecule has 0 bridgehead atoms. The van der Waals surface area contributed by atoms with Gasteiger partial charge in [-0.3, -0.25) is 9.78 Å². The van der Waals surface area contributed by atoms with Crippen molar-refractivity contribution in [1.29, 1.82) is 0 Å². The summed E-state index contributed by atoms with van der Waals surface area (Å²) in [5.41, 5.74) is 3.87. The second kappa shape index (κ2) is 8.86. The van der Waals surface area contributed by atoms with Crippen molar-refractivity contribution in [2.75, 3.05) is 0 Å².